The number of rotatable bonds is 8. The lowest BCUT2D eigenvalue weighted by Gasteiger charge is -2.22. The fraction of sp³-hybridized carbons (Fsp3) is 0.429. The number of piperidine rings is 1. The van der Waals surface area contributed by atoms with Gasteiger partial charge in [0.25, 0.3) is 0 Å². The minimum absolute atomic E-state index is 0. The number of aromatic nitrogens is 1. The monoisotopic (exact) mass is 425 g/mol. The fourth-order valence-corrected chi connectivity index (χ4v) is 3.14. The molecule has 0 saturated carbocycles. The van der Waals surface area contributed by atoms with Crippen LogP contribution in [0.3, 0.4) is 0 Å². The molecule has 2 aromatic rings. The second-order valence-electron chi connectivity index (χ2n) is 6.76. The van der Waals surface area contributed by atoms with Crippen molar-refractivity contribution in [1.29, 1.82) is 0 Å². The van der Waals surface area contributed by atoms with Crippen molar-refractivity contribution in [3.63, 3.8) is 0 Å². The quantitative estimate of drug-likeness (QED) is 0.672. The molecule has 0 bridgehead atoms. The van der Waals surface area contributed by atoms with Gasteiger partial charge in [0.1, 0.15) is 12.4 Å². The second kappa shape index (κ2) is 13.4. The second-order valence-corrected chi connectivity index (χ2v) is 6.76. The van der Waals surface area contributed by atoms with Crippen LogP contribution in [0.25, 0.3) is 0 Å². The molecule has 1 aromatic heterocycles. The normalized spacial score (nSPS) is 13.7. The van der Waals surface area contributed by atoms with E-state index in [9.17, 15) is 4.79 Å². The molecule has 2 heterocycles. The molecule has 0 atom stereocenters. The molecule has 1 aliphatic rings. The number of nitrogens with zero attached hydrogens (tertiary/aromatic N) is 1. The lowest BCUT2D eigenvalue weighted by Crippen LogP contribution is -2.29. The van der Waals surface area contributed by atoms with Gasteiger partial charge in [0.2, 0.25) is 5.91 Å². The number of nitrogens with one attached hydrogen (secondary N) is 2. The van der Waals surface area contributed by atoms with Crippen molar-refractivity contribution in [2.45, 2.75) is 38.8 Å². The van der Waals surface area contributed by atoms with E-state index in [1.165, 1.54) is 12.8 Å². The maximum absolute atomic E-state index is 12.0. The van der Waals surface area contributed by atoms with Crippen LogP contribution >= 0.6 is 24.8 Å². The Morgan fingerprint density at radius 1 is 1.11 bits per heavy atom. The van der Waals surface area contributed by atoms with Crippen LogP contribution < -0.4 is 15.4 Å². The van der Waals surface area contributed by atoms with Crippen molar-refractivity contribution in [2.24, 2.45) is 5.92 Å². The molecule has 1 saturated heterocycles. The Balaban J connectivity index is 0.00000196. The summed E-state index contributed by atoms with van der Waals surface area (Å²) in [5.74, 6) is 1.63. The van der Waals surface area contributed by atoms with Crippen molar-refractivity contribution < 1.29 is 9.53 Å². The summed E-state index contributed by atoms with van der Waals surface area (Å²) in [5, 5.41) is 6.37. The zero-order valence-electron chi connectivity index (χ0n) is 15.9. The predicted molar refractivity (Wildman–Crippen MR) is 116 cm³/mol. The van der Waals surface area contributed by atoms with E-state index in [1.54, 1.807) is 6.20 Å². The van der Waals surface area contributed by atoms with Crippen LogP contribution in [0.1, 0.15) is 36.9 Å². The predicted octanol–water partition coefficient (Wildman–Crippen LogP) is 3.90. The van der Waals surface area contributed by atoms with Gasteiger partial charge in [-0.1, -0.05) is 18.2 Å². The molecule has 0 unspecified atom stereocenters. The Hall–Kier alpha value is -1.82. The van der Waals surface area contributed by atoms with Crippen molar-refractivity contribution in [3.05, 3.63) is 59.9 Å². The number of benzene rings is 1. The minimum atomic E-state index is 0. The summed E-state index contributed by atoms with van der Waals surface area (Å²) >= 11 is 0. The lowest BCUT2D eigenvalue weighted by molar-refractivity contribution is -0.121. The molecule has 2 N–H and O–H groups in total. The maximum Gasteiger partial charge on any atom is 0.220 e. The molecule has 7 heteroatoms. The summed E-state index contributed by atoms with van der Waals surface area (Å²) < 4.78 is 5.72. The van der Waals surface area contributed by atoms with E-state index in [4.69, 9.17) is 4.74 Å². The molecule has 1 fully saturated rings. The summed E-state index contributed by atoms with van der Waals surface area (Å²) in [5.41, 5.74) is 1.97. The van der Waals surface area contributed by atoms with Crippen LogP contribution in [0.2, 0.25) is 0 Å². The summed E-state index contributed by atoms with van der Waals surface area (Å²) in [6.45, 7) is 3.18. The van der Waals surface area contributed by atoms with E-state index < -0.39 is 0 Å². The largest absolute Gasteiger partial charge is 0.487 e. The van der Waals surface area contributed by atoms with E-state index in [-0.39, 0.29) is 30.7 Å². The minimum Gasteiger partial charge on any atom is -0.487 e. The van der Waals surface area contributed by atoms with Crippen LogP contribution in [0, 0.1) is 5.92 Å². The molecule has 1 aliphatic heterocycles. The van der Waals surface area contributed by atoms with Gasteiger partial charge >= 0.3 is 0 Å². The highest BCUT2D eigenvalue weighted by atomic mass is 35.5. The first kappa shape index (κ1) is 24.2. The summed E-state index contributed by atoms with van der Waals surface area (Å²) in [7, 11) is 0. The third-order valence-electron chi connectivity index (χ3n) is 4.76. The Kier molecular flexibility index (Phi) is 11.6. The van der Waals surface area contributed by atoms with Crippen molar-refractivity contribution >= 4 is 30.7 Å². The Labute approximate surface area is 179 Å². The summed E-state index contributed by atoms with van der Waals surface area (Å²) in [6.07, 6.45) is 5.75. The van der Waals surface area contributed by atoms with E-state index in [0.717, 1.165) is 36.5 Å². The summed E-state index contributed by atoms with van der Waals surface area (Å²) in [4.78, 5) is 16.3. The number of amides is 1. The van der Waals surface area contributed by atoms with Gasteiger partial charge in [0.15, 0.2) is 0 Å². The van der Waals surface area contributed by atoms with Gasteiger partial charge < -0.3 is 15.4 Å². The van der Waals surface area contributed by atoms with Crippen LogP contribution in [-0.4, -0.2) is 24.0 Å². The van der Waals surface area contributed by atoms with Gasteiger partial charge in [0.05, 0.1) is 5.69 Å². The lowest BCUT2D eigenvalue weighted by atomic mass is 9.93. The number of ether oxygens (including phenoxy) is 1. The van der Waals surface area contributed by atoms with E-state index in [1.807, 2.05) is 42.5 Å². The number of halogens is 2. The Morgan fingerprint density at radius 3 is 2.54 bits per heavy atom. The van der Waals surface area contributed by atoms with Crippen LogP contribution in [0.15, 0.2) is 48.7 Å². The molecular weight excluding hydrogens is 397 g/mol. The molecular formula is C21H29Cl2N3O2. The highest BCUT2D eigenvalue weighted by Gasteiger charge is 2.14. The van der Waals surface area contributed by atoms with Crippen LogP contribution in [0.4, 0.5) is 0 Å². The van der Waals surface area contributed by atoms with E-state index in [0.29, 0.717) is 25.5 Å². The Morgan fingerprint density at radius 2 is 1.86 bits per heavy atom. The van der Waals surface area contributed by atoms with Gasteiger partial charge in [-0.15, -0.1) is 24.8 Å². The third-order valence-corrected chi connectivity index (χ3v) is 4.76. The molecule has 28 heavy (non-hydrogen) atoms. The third kappa shape index (κ3) is 8.46. The molecule has 1 amide bonds. The highest BCUT2D eigenvalue weighted by Crippen LogP contribution is 2.18. The highest BCUT2D eigenvalue weighted by molar-refractivity contribution is 5.85. The summed E-state index contributed by atoms with van der Waals surface area (Å²) in [6, 6.07) is 13.6. The van der Waals surface area contributed by atoms with Gasteiger partial charge in [0, 0.05) is 19.2 Å². The molecule has 3 rings (SSSR count). The first-order chi connectivity index (χ1) is 12.8. The number of carbonyl (C=O) groups excluding carboxylic acids is 1. The fourth-order valence-electron chi connectivity index (χ4n) is 3.14. The van der Waals surface area contributed by atoms with Crippen molar-refractivity contribution in [2.75, 3.05) is 13.1 Å². The number of pyridine rings is 1. The van der Waals surface area contributed by atoms with Gasteiger partial charge in [-0.05, 0) is 68.1 Å². The Bertz CT molecular complexity index is 678. The zero-order valence-corrected chi connectivity index (χ0v) is 17.6. The molecule has 0 aliphatic carbocycles. The molecule has 0 spiro atoms. The van der Waals surface area contributed by atoms with E-state index in [2.05, 4.69) is 15.6 Å². The van der Waals surface area contributed by atoms with Gasteiger partial charge in [-0.2, -0.15) is 0 Å². The SMILES string of the molecule is Cl.Cl.O=C(CCC1CCNCC1)NCc1ccc(OCc2ccccn2)cc1. The molecule has 5 nitrogen and oxygen atoms in total. The first-order valence-corrected chi connectivity index (χ1v) is 9.38. The first-order valence-electron chi connectivity index (χ1n) is 9.38. The number of carbonyl (C=O) groups is 1. The standard InChI is InChI=1S/C21H27N3O2.2ClH/c25-21(9-6-17-10-13-22-14-11-17)24-15-18-4-7-20(8-5-18)26-16-19-3-1-2-12-23-19;;/h1-5,7-8,12,17,22H,6,9-11,13-16H2,(H,24,25);2*1H. The smallest absolute Gasteiger partial charge is 0.220 e. The van der Waals surface area contributed by atoms with Gasteiger partial charge in [-0.3, -0.25) is 9.78 Å². The molecule has 154 valence electrons. The van der Waals surface area contributed by atoms with Crippen LogP contribution in [0.5, 0.6) is 5.75 Å². The van der Waals surface area contributed by atoms with Crippen LogP contribution in [-0.2, 0) is 17.9 Å². The van der Waals surface area contributed by atoms with Crippen molar-refractivity contribution in [1.82, 2.24) is 15.6 Å². The number of hydrogen-bond acceptors (Lipinski definition) is 4. The van der Waals surface area contributed by atoms with E-state index >= 15 is 0 Å². The van der Waals surface area contributed by atoms with Crippen molar-refractivity contribution in [3.8, 4) is 5.75 Å². The average molecular weight is 426 g/mol. The van der Waals surface area contributed by atoms with Gasteiger partial charge in [-0.25, -0.2) is 0 Å². The maximum atomic E-state index is 12.0. The molecule has 1 aromatic carbocycles. The zero-order chi connectivity index (χ0) is 18.0. The molecule has 0 radical (unpaired) electrons. The average Bonchev–Trinajstić information content (AvgIpc) is 2.71. The number of hydrogen-bond donors (Lipinski definition) is 2. The topological polar surface area (TPSA) is 63.2 Å².